The van der Waals surface area contributed by atoms with Gasteiger partial charge in [0.25, 0.3) is 0 Å². The van der Waals surface area contributed by atoms with Gasteiger partial charge in [0.15, 0.2) is 0 Å². The van der Waals surface area contributed by atoms with Gasteiger partial charge in [-0.25, -0.2) is 4.79 Å². The van der Waals surface area contributed by atoms with E-state index in [4.69, 9.17) is 10.5 Å². The minimum absolute atomic E-state index is 0.180. The van der Waals surface area contributed by atoms with E-state index in [9.17, 15) is 4.79 Å². The lowest BCUT2D eigenvalue weighted by Crippen LogP contribution is -2.53. The Hall–Kier alpha value is -0.810. The number of hydrogen-bond acceptors (Lipinski definition) is 4. The molecule has 0 spiro atoms. The number of carbonyl (C=O) groups is 1. The fourth-order valence-corrected chi connectivity index (χ4v) is 1.27. The lowest BCUT2D eigenvalue weighted by molar-refractivity contribution is 0.00864. The largest absolute Gasteiger partial charge is 0.453 e. The average molecular weight is 188 g/mol. The van der Waals surface area contributed by atoms with Crippen LogP contribution in [0.5, 0.6) is 0 Å². The van der Waals surface area contributed by atoms with E-state index in [1.54, 1.807) is 4.90 Å². The number of rotatable bonds is 4. The van der Waals surface area contributed by atoms with Crippen LogP contribution in [-0.4, -0.2) is 50.4 Å². The van der Waals surface area contributed by atoms with Gasteiger partial charge in [-0.1, -0.05) is 0 Å². The maximum Gasteiger partial charge on any atom is 0.409 e. The van der Waals surface area contributed by atoms with Crippen molar-refractivity contribution in [2.45, 2.75) is 12.5 Å². The smallest absolute Gasteiger partial charge is 0.409 e. The van der Waals surface area contributed by atoms with Gasteiger partial charge in [-0.15, -0.1) is 0 Å². The van der Waals surface area contributed by atoms with Crippen LogP contribution in [0.3, 0.4) is 0 Å². The van der Waals surface area contributed by atoms with Crippen LogP contribution in [0.2, 0.25) is 0 Å². The fourth-order valence-electron chi connectivity index (χ4n) is 1.27. The number of methoxy groups -OCH3 is 1. The molecule has 0 radical (unpaired) electrons. The average Bonchev–Trinajstić information content (AvgIpc) is 2.10. The van der Waals surface area contributed by atoms with Crippen molar-refractivity contribution in [2.24, 2.45) is 5.73 Å². The van der Waals surface area contributed by atoms with Crippen LogP contribution in [0.15, 0.2) is 0 Å². The van der Waals surface area contributed by atoms with Gasteiger partial charge in [-0.3, -0.25) is 0 Å². The monoisotopic (exact) mass is 188 g/mol. The molecule has 76 valence electrons. The van der Waals surface area contributed by atoms with Crippen molar-refractivity contribution in [1.82, 2.24) is 4.90 Å². The maximum absolute atomic E-state index is 11.1. The predicted molar refractivity (Wildman–Crippen MR) is 47.4 cm³/mol. The van der Waals surface area contributed by atoms with Gasteiger partial charge in [0, 0.05) is 13.1 Å². The summed E-state index contributed by atoms with van der Waals surface area (Å²) >= 11 is 0. The fraction of sp³-hybridized carbons (Fsp3) is 0.875. The van der Waals surface area contributed by atoms with Crippen LogP contribution in [0.4, 0.5) is 4.79 Å². The summed E-state index contributed by atoms with van der Waals surface area (Å²) in [5.74, 6) is 0. The van der Waals surface area contributed by atoms with Crippen LogP contribution in [0.25, 0.3) is 0 Å². The first kappa shape index (κ1) is 10.3. The quantitative estimate of drug-likeness (QED) is 0.621. The van der Waals surface area contributed by atoms with Crippen LogP contribution >= 0.6 is 0 Å². The molecule has 1 atom stereocenters. The van der Waals surface area contributed by atoms with E-state index in [1.807, 2.05) is 0 Å². The van der Waals surface area contributed by atoms with Crippen molar-refractivity contribution in [3.63, 3.8) is 0 Å². The summed E-state index contributed by atoms with van der Waals surface area (Å²) in [4.78, 5) is 12.7. The minimum Gasteiger partial charge on any atom is -0.453 e. The third kappa shape index (κ3) is 2.57. The third-order valence-electron chi connectivity index (χ3n) is 2.13. The molecular formula is C8H16N2O3. The van der Waals surface area contributed by atoms with E-state index in [0.717, 1.165) is 13.0 Å². The summed E-state index contributed by atoms with van der Waals surface area (Å²) in [6.07, 6.45) is 0.715. The Morgan fingerprint density at radius 3 is 2.92 bits per heavy atom. The molecule has 0 aromatic heterocycles. The van der Waals surface area contributed by atoms with Crippen LogP contribution in [-0.2, 0) is 9.47 Å². The van der Waals surface area contributed by atoms with Crippen molar-refractivity contribution in [3.8, 4) is 0 Å². The van der Waals surface area contributed by atoms with Gasteiger partial charge in [0.1, 0.15) is 0 Å². The number of nitrogens with zero attached hydrogens (tertiary/aromatic N) is 1. The Morgan fingerprint density at radius 2 is 2.46 bits per heavy atom. The van der Waals surface area contributed by atoms with Crippen molar-refractivity contribution in [1.29, 1.82) is 0 Å². The van der Waals surface area contributed by atoms with Crippen molar-refractivity contribution < 1.29 is 14.3 Å². The Balaban J connectivity index is 2.17. The Bertz CT molecular complexity index is 175. The lowest BCUT2D eigenvalue weighted by Gasteiger charge is -2.39. The summed E-state index contributed by atoms with van der Waals surface area (Å²) in [5, 5.41) is 0. The number of likely N-dealkylation sites (tertiary alicyclic amines) is 1. The van der Waals surface area contributed by atoms with Gasteiger partial charge >= 0.3 is 6.09 Å². The highest BCUT2D eigenvalue weighted by Gasteiger charge is 2.32. The number of nitrogens with two attached hydrogens (primary N) is 1. The lowest BCUT2D eigenvalue weighted by atomic mass is 10.1. The zero-order valence-corrected chi connectivity index (χ0v) is 7.86. The molecule has 1 rings (SSSR count). The summed E-state index contributed by atoms with van der Waals surface area (Å²) in [7, 11) is 1.39. The van der Waals surface area contributed by atoms with E-state index < -0.39 is 0 Å². The number of ether oxygens (including phenoxy) is 2. The molecule has 0 aliphatic carbocycles. The molecule has 1 saturated heterocycles. The molecule has 5 heteroatoms. The van der Waals surface area contributed by atoms with Gasteiger partial charge in [0.2, 0.25) is 0 Å². The normalized spacial score (nSPS) is 21.1. The first-order chi connectivity index (χ1) is 6.29. The molecule has 5 nitrogen and oxygen atoms in total. The Morgan fingerprint density at radius 1 is 1.69 bits per heavy atom. The van der Waals surface area contributed by atoms with Gasteiger partial charge in [-0.05, 0) is 6.42 Å². The molecule has 0 aromatic rings. The highest BCUT2D eigenvalue weighted by Crippen LogP contribution is 2.18. The molecule has 1 fully saturated rings. The second-order valence-electron chi connectivity index (χ2n) is 2.97. The molecule has 1 aliphatic rings. The highest BCUT2D eigenvalue weighted by atomic mass is 16.5. The van der Waals surface area contributed by atoms with E-state index in [-0.39, 0.29) is 12.1 Å². The van der Waals surface area contributed by atoms with Crippen LogP contribution < -0.4 is 5.73 Å². The topological polar surface area (TPSA) is 64.8 Å². The van der Waals surface area contributed by atoms with Gasteiger partial charge in [0.05, 0.1) is 26.4 Å². The van der Waals surface area contributed by atoms with Crippen LogP contribution in [0.1, 0.15) is 6.42 Å². The van der Waals surface area contributed by atoms with E-state index in [0.29, 0.717) is 19.8 Å². The van der Waals surface area contributed by atoms with E-state index >= 15 is 0 Å². The van der Waals surface area contributed by atoms with E-state index in [1.165, 1.54) is 7.11 Å². The Kier molecular flexibility index (Phi) is 3.98. The zero-order valence-electron chi connectivity index (χ0n) is 7.86. The van der Waals surface area contributed by atoms with Crippen molar-refractivity contribution >= 4 is 6.09 Å². The van der Waals surface area contributed by atoms with Crippen LogP contribution in [0, 0.1) is 0 Å². The SMILES string of the molecule is COC(=O)N1CCC1COCCN. The van der Waals surface area contributed by atoms with Crippen molar-refractivity contribution in [3.05, 3.63) is 0 Å². The second-order valence-corrected chi connectivity index (χ2v) is 2.97. The molecule has 0 bridgehead atoms. The summed E-state index contributed by atoms with van der Waals surface area (Å²) < 4.78 is 9.83. The molecule has 0 aromatic carbocycles. The number of amides is 1. The van der Waals surface area contributed by atoms with Gasteiger partial charge < -0.3 is 20.1 Å². The van der Waals surface area contributed by atoms with Crippen molar-refractivity contribution in [2.75, 3.05) is 33.4 Å². The second kappa shape index (κ2) is 5.04. The summed E-state index contributed by atoms with van der Waals surface area (Å²) in [6.45, 7) is 2.39. The molecule has 1 amide bonds. The van der Waals surface area contributed by atoms with Gasteiger partial charge in [-0.2, -0.15) is 0 Å². The zero-order chi connectivity index (χ0) is 9.68. The summed E-state index contributed by atoms with van der Waals surface area (Å²) in [5.41, 5.74) is 5.26. The molecule has 1 heterocycles. The molecular weight excluding hydrogens is 172 g/mol. The number of hydrogen-bond donors (Lipinski definition) is 1. The Labute approximate surface area is 77.8 Å². The third-order valence-corrected chi connectivity index (χ3v) is 2.13. The highest BCUT2D eigenvalue weighted by molar-refractivity contribution is 5.68. The molecule has 2 N–H and O–H groups in total. The van der Waals surface area contributed by atoms with E-state index in [2.05, 4.69) is 4.74 Å². The first-order valence-electron chi connectivity index (χ1n) is 4.42. The number of carbonyl (C=O) groups excluding carboxylic acids is 1. The molecule has 1 aliphatic heterocycles. The minimum atomic E-state index is -0.271. The summed E-state index contributed by atoms with van der Waals surface area (Å²) in [6, 6.07) is 0.180. The standard InChI is InChI=1S/C8H16N2O3/c1-12-8(11)10-4-2-7(10)6-13-5-3-9/h7H,2-6,9H2,1H3. The first-order valence-corrected chi connectivity index (χ1v) is 4.42. The molecule has 1 unspecified atom stereocenters. The molecule has 13 heavy (non-hydrogen) atoms. The maximum atomic E-state index is 11.1. The predicted octanol–water partition coefficient (Wildman–Crippen LogP) is -0.198. The molecule has 0 saturated carbocycles.